The zero-order chi connectivity index (χ0) is 10.7. The minimum absolute atomic E-state index is 0.376. The van der Waals surface area contributed by atoms with Crippen LogP contribution in [0.1, 0.15) is 20.3 Å². The van der Waals surface area contributed by atoms with E-state index in [4.69, 9.17) is 5.26 Å². The van der Waals surface area contributed by atoms with Crippen molar-refractivity contribution in [3.8, 4) is 6.07 Å². The molecule has 74 valence electrons. The van der Waals surface area contributed by atoms with Gasteiger partial charge in [-0.2, -0.15) is 9.62 Å². The Balaban J connectivity index is 5.06. The molecule has 5 heteroatoms. The number of nitriles is 1. The molecule has 0 spiro atoms. The van der Waals surface area contributed by atoms with Crippen molar-refractivity contribution in [3.05, 3.63) is 0 Å². The molecule has 0 aromatic carbocycles. The fourth-order valence-electron chi connectivity index (χ4n) is 0.579. The minimum Gasteiger partial charge on any atom is -0.270 e. The molecule has 0 aromatic heterocycles. The van der Waals surface area contributed by atoms with Gasteiger partial charge in [0, 0.05) is 22.2 Å². The van der Waals surface area contributed by atoms with Gasteiger partial charge in [-0.05, 0) is 13.3 Å². The van der Waals surface area contributed by atoms with Crippen molar-refractivity contribution >= 4 is 15.6 Å². The van der Waals surface area contributed by atoms with Gasteiger partial charge in [0.05, 0.1) is 6.07 Å². The molecule has 4 nitrogen and oxygen atoms in total. The highest BCUT2D eigenvalue weighted by molar-refractivity contribution is 7.92. The summed E-state index contributed by atoms with van der Waals surface area (Å²) in [6, 6.07) is 1.88. The minimum atomic E-state index is -2.45. The van der Waals surface area contributed by atoms with Gasteiger partial charge in [0.1, 0.15) is 5.41 Å². The van der Waals surface area contributed by atoms with Crippen LogP contribution in [0, 0.1) is 16.7 Å². The van der Waals surface area contributed by atoms with Crippen molar-refractivity contribution in [1.82, 2.24) is 0 Å². The Labute approximate surface area is 79.1 Å². The van der Waals surface area contributed by atoms with Crippen LogP contribution in [0.25, 0.3) is 0 Å². The topological polar surface area (TPSA) is 70.3 Å². The number of rotatable bonds is 2. The molecule has 13 heavy (non-hydrogen) atoms. The molecule has 1 atom stereocenters. The quantitative estimate of drug-likeness (QED) is 0.675. The average Bonchev–Trinajstić information content (AvgIpc) is 2.00. The number of hydrogen-bond acceptors (Lipinski definition) is 3. The first-order valence-electron chi connectivity index (χ1n) is 3.88. The van der Waals surface area contributed by atoms with E-state index < -0.39 is 21.1 Å². The van der Waals surface area contributed by atoms with E-state index in [0.29, 0.717) is 6.42 Å². The number of carbonyl (C=O) groups excluding carboxylic acids is 1. The van der Waals surface area contributed by atoms with Crippen LogP contribution in [0.4, 0.5) is 0 Å². The van der Waals surface area contributed by atoms with Gasteiger partial charge < -0.3 is 0 Å². The average molecular weight is 202 g/mol. The van der Waals surface area contributed by atoms with E-state index in [2.05, 4.69) is 4.36 Å². The summed E-state index contributed by atoms with van der Waals surface area (Å²) in [6.45, 7) is 3.23. The Morgan fingerprint density at radius 2 is 2.08 bits per heavy atom. The lowest BCUT2D eigenvalue weighted by atomic mass is 9.89. The summed E-state index contributed by atoms with van der Waals surface area (Å²) >= 11 is 0. The summed E-state index contributed by atoms with van der Waals surface area (Å²) in [6.07, 6.45) is 3.12. The van der Waals surface area contributed by atoms with Crippen LogP contribution < -0.4 is 0 Å². The van der Waals surface area contributed by atoms with E-state index in [1.54, 1.807) is 6.92 Å². The van der Waals surface area contributed by atoms with E-state index in [9.17, 15) is 9.00 Å². The molecule has 0 aliphatic carbocycles. The molecule has 0 rings (SSSR count). The first-order chi connectivity index (χ1) is 5.75. The summed E-state index contributed by atoms with van der Waals surface area (Å²) in [5.74, 6) is -0.590. The van der Waals surface area contributed by atoms with Crippen LogP contribution in [0.3, 0.4) is 0 Å². The fraction of sp³-hybridized carbons (Fsp3) is 0.750. The van der Waals surface area contributed by atoms with Crippen molar-refractivity contribution in [2.24, 2.45) is 9.78 Å². The molecule has 0 N–H and O–H groups in total. The monoisotopic (exact) mass is 202 g/mol. The lowest BCUT2D eigenvalue weighted by Crippen LogP contribution is -2.24. The van der Waals surface area contributed by atoms with Crippen LogP contribution in [-0.4, -0.2) is 22.6 Å². The van der Waals surface area contributed by atoms with E-state index in [-0.39, 0.29) is 0 Å². The smallest absolute Gasteiger partial charge is 0.270 e. The Morgan fingerprint density at radius 3 is 2.31 bits per heavy atom. The number of amides is 1. The Kier molecular flexibility index (Phi) is 3.61. The Bertz CT molecular complexity index is 353. The standard InChI is InChI=1S/C8H14N2O2S/c1-5-8(2,6-9)7(11)10-13(3,4)12/h5H2,1-4H3. The molecule has 0 heterocycles. The molecule has 0 aliphatic rings. The number of carbonyl (C=O) groups is 1. The fourth-order valence-corrected chi connectivity index (χ4v) is 1.18. The zero-order valence-corrected chi connectivity index (χ0v) is 9.14. The van der Waals surface area contributed by atoms with E-state index in [0.717, 1.165) is 0 Å². The van der Waals surface area contributed by atoms with Crippen LogP contribution in [0.5, 0.6) is 0 Å². The molecule has 0 saturated heterocycles. The summed E-state index contributed by atoms with van der Waals surface area (Å²) in [7, 11) is -2.45. The highest BCUT2D eigenvalue weighted by atomic mass is 32.2. The van der Waals surface area contributed by atoms with Crippen LogP contribution in [-0.2, 0) is 14.5 Å². The van der Waals surface area contributed by atoms with E-state index in [1.807, 2.05) is 6.07 Å². The largest absolute Gasteiger partial charge is 0.273 e. The number of hydrogen-bond donors (Lipinski definition) is 0. The maximum Gasteiger partial charge on any atom is 0.273 e. The third-order valence-electron chi connectivity index (χ3n) is 1.73. The van der Waals surface area contributed by atoms with Gasteiger partial charge in [-0.3, -0.25) is 4.79 Å². The van der Waals surface area contributed by atoms with Crippen LogP contribution in [0.2, 0.25) is 0 Å². The molecule has 0 aliphatic heterocycles. The predicted octanol–water partition coefficient (Wildman–Crippen LogP) is 1.18. The second kappa shape index (κ2) is 3.88. The molecule has 0 bridgehead atoms. The highest BCUT2D eigenvalue weighted by Crippen LogP contribution is 2.21. The second-order valence-corrected chi connectivity index (χ2v) is 5.92. The van der Waals surface area contributed by atoms with Gasteiger partial charge >= 0.3 is 0 Å². The van der Waals surface area contributed by atoms with Crippen molar-refractivity contribution in [2.45, 2.75) is 20.3 Å². The molecule has 0 fully saturated rings. The van der Waals surface area contributed by atoms with Crippen LogP contribution >= 0.6 is 0 Å². The first kappa shape index (κ1) is 12.1. The van der Waals surface area contributed by atoms with E-state index >= 15 is 0 Å². The maximum atomic E-state index is 11.4. The van der Waals surface area contributed by atoms with Crippen LogP contribution in [0.15, 0.2) is 4.36 Å². The number of nitrogens with zero attached hydrogens (tertiary/aromatic N) is 2. The van der Waals surface area contributed by atoms with Crippen molar-refractivity contribution in [2.75, 3.05) is 12.5 Å². The molecule has 1 unspecified atom stereocenters. The van der Waals surface area contributed by atoms with Gasteiger partial charge in [-0.25, -0.2) is 4.21 Å². The Morgan fingerprint density at radius 1 is 1.62 bits per heavy atom. The van der Waals surface area contributed by atoms with Gasteiger partial charge in [0.15, 0.2) is 0 Å². The summed E-state index contributed by atoms with van der Waals surface area (Å²) in [4.78, 5) is 11.4. The van der Waals surface area contributed by atoms with Gasteiger partial charge in [0.2, 0.25) is 0 Å². The summed E-state index contributed by atoms with van der Waals surface area (Å²) in [5, 5.41) is 8.73. The second-order valence-electron chi connectivity index (χ2n) is 3.38. The highest BCUT2D eigenvalue weighted by Gasteiger charge is 2.31. The van der Waals surface area contributed by atoms with Crippen molar-refractivity contribution in [3.63, 3.8) is 0 Å². The molecule has 1 amide bonds. The van der Waals surface area contributed by atoms with Crippen molar-refractivity contribution < 1.29 is 9.00 Å². The zero-order valence-electron chi connectivity index (χ0n) is 8.33. The molecule has 0 radical (unpaired) electrons. The molecular formula is C8H14N2O2S. The lowest BCUT2D eigenvalue weighted by Gasteiger charge is -2.13. The van der Waals surface area contributed by atoms with Crippen molar-refractivity contribution in [1.29, 1.82) is 5.26 Å². The molecule has 0 saturated carbocycles. The molecule has 0 aromatic rings. The van der Waals surface area contributed by atoms with Gasteiger partial charge in [0.25, 0.3) is 5.91 Å². The summed E-state index contributed by atoms with van der Waals surface area (Å²) < 4.78 is 14.7. The SMILES string of the molecule is CCC(C)(C#N)C(=O)N=S(C)(C)=O. The normalized spacial score (nSPS) is 15.6. The third kappa shape index (κ3) is 3.55. The van der Waals surface area contributed by atoms with E-state index in [1.165, 1.54) is 19.4 Å². The summed E-state index contributed by atoms with van der Waals surface area (Å²) in [5.41, 5.74) is -1.13. The molecular weight excluding hydrogens is 188 g/mol. The van der Waals surface area contributed by atoms with Gasteiger partial charge in [-0.1, -0.05) is 6.92 Å². The maximum absolute atomic E-state index is 11.4. The lowest BCUT2D eigenvalue weighted by molar-refractivity contribution is -0.123. The third-order valence-corrected chi connectivity index (χ3v) is 2.33. The van der Waals surface area contributed by atoms with Gasteiger partial charge in [-0.15, -0.1) is 0 Å². The first-order valence-corrected chi connectivity index (χ1v) is 6.21. The Hall–Kier alpha value is -0.890. The predicted molar refractivity (Wildman–Crippen MR) is 51.4 cm³/mol.